The standard InChI is InChI=1S/C14H12BrN3/c1-8-3-5-10(15)7-11(8)13-17-12-6-4-9(2)16-14(12)18-13/h3-7H,1-2H3,(H,16,17,18). The van der Waals surface area contributed by atoms with Gasteiger partial charge < -0.3 is 4.98 Å². The first kappa shape index (κ1) is 11.4. The Kier molecular flexibility index (Phi) is 2.67. The maximum atomic E-state index is 4.56. The predicted octanol–water partition coefficient (Wildman–Crippen LogP) is 4.00. The van der Waals surface area contributed by atoms with Gasteiger partial charge in [-0.05, 0) is 43.7 Å². The Bertz CT molecular complexity index is 731. The first-order chi connectivity index (χ1) is 8.63. The summed E-state index contributed by atoms with van der Waals surface area (Å²) in [5.74, 6) is 0.863. The topological polar surface area (TPSA) is 41.6 Å². The molecule has 3 nitrogen and oxygen atoms in total. The van der Waals surface area contributed by atoms with Crippen molar-refractivity contribution < 1.29 is 0 Å². The van der Waals surface area contributed by atoms with Crippen molar-refractivity contribution in [1.29, 1.82) is 0 Å². The van der Waals surface area contributed by atoms with E-state index in [1.54, 1.807) is 0 Å². The zero-order valence-corrected chi connectivity index (χ0v) is 11.7. The van der Waals surface area contributed by atoms with E-state index in [4.69, 9.17) is 0 Å². The molecule has 1 aromatic carbocycles. The van der Waals surface area contributed by atoms with Crippen LogP contribution >= 0.6 is 15.9 Å². The van der Waals surface area contributed by atoms with Crippen molar-refractivity contribution >= 4 is 27.1 Å². The van der Waals surface area contributed by atoms with Crippen LogP contribution in [-0.4, -0.2) is 15.0 Å². The maximum Gasteiger partial charge on any atom is 0.178 e. The van der Waals surface area contributed by atoms with Gasteiger partial charge >= 0.3 is 0 Å². The van der Waals surface area contributed by atoms with Gasteiger partial charge in [0.25, 0.3) is 0 Å². The van der Waals surface area contributed by atoms with Gasteiger partial charge in [-0.15, -0.1) is 0 Å². The number of benzene rings is 1. The molecule has 3 aromatic rings. The Morgan fingerprint density at radius 3 is 2.72 bits per heavy atom. The van der Waals surface area contributed by atoms with Gasteiger partial charge in [0.2, 0.25) is 0 Å². The Balaban J connectivity index is 2.22. The molecule has 0 unspecified atom stereocenters. The average molecular weight is 302 g/mol. The molecule has 0 amide bonds. The van der Waals surface area contributed by atoms with E-state index in [9.17, 15) is 0 Å². The summed E-state index contributed by atoms with van der Waals surface area (Å²) in [6.45, 7) is 4.05. The summed E-state index contributed by atoms with van der Waals surface area (Å²) in [6.07, 6.45) is 0. The fourth-order valence-electron chi connectivity index (χ4n) is 1.96. The lowest BCUT2D eigenvalue weighted by Crippen LogP contribution is -1.85. The number of aromatic nitrogens is 3. The monoisotopic (exact) mass is 301 g/mol. The predicted molar refractivity (Wildman–Crippen MR) is 76.5 cm³/mol. The molecule has 18 heavy (non-hydrogen) atoms. The zero-order valence-electron chi connectivity index (χ0n) is 10.2. The number of rotatable bonds is 1. The van der Waals surface area contributed by atoms with E-state index in [0.717, 1.165) is 32.7 Å². The highest BCUT2D eigenvalue weighted by Gasteiger charge is 2.09. The van der Waals surface area contributed by atoms with Crippen LogP contribution in [0, 0.1) is 13.8 Å². The van der Waals surface area contributed by atoms with Crippen molar-refractivity contribution in [3.63, 3.8) is 0 Å². The second-order valence-electron chi connectivity index (χ2n) is 4.37. The van der Waals surface area contributed by atoms with E-state index < -0.39 is 0 Å². The molecule has 0 saturated carbocycles. The van der Waals surface area contributed by atoms with Crippen molar-refractivity contribution in [2.45, 2.75) is 13.8 Å². The summed E-state index contributed by atoms with van der Waals surface area (Å²) in [4.78, 5) is 12.3. The molecule has 0 aliphatic rings. The molecule has 2 aromatic heterocycles. The molecule has 0 saturated heterocycles. The molecule has 4 heteroatoms. The lowest BCUT2D eigenvalue weighted by atomic mass is 10.1. The number of fused-ring (bicyclic) bond motifs is 1. The first-order valence-electron chi connectivity index (χ1n) is 5.73. The molecule has 0 spiro atoms. The Morgan fingerprint density at radius 1 is 1.06 bits per heavy atom. The quantitative estimate of drug-likeness (QED) is 0.738. The highest BCUT2D eigenvalue weighted by atomic mass is 79.9. The average Bonchev–Trinajstić information content (AvgIpc) is 2.74. The minimum Gasteiger partial charge on any atom is -0.337 e. The van der Waals surface area contributed by atoms with Crippen LogP contribution in [0.1, 0.15) is 11.3 Å². The van der Waals surface area contributed by atoms with Gasteiger partial charge in [-0.3, -0.25) is 0 Å². The number of aromatic amines is 1. The Morgan fingerprint density at radius 2 is 1.89 bits per heavy atom. The third-order valence-electron chi connectivity index (χ3n) is 2.94. The molecule has 0 aliphatic carbocycles. The number of aryl methyl sites for hydroxylation is 2. The third-order valence-corrected chi connectivity index (χ3v) is 3.43. The third kappa shape index (κ3) is 1.93. The SMILES string of the molecule is Cc1ccc2[nH]c(-c3cc(Br)ccc3C)nc2n1. The van der Waals surface area contributed by atoms with Crippen molar-refractivity contribution in [3.8, 4) is 11.4 Å². The highest BCUT2D eigenvalue weighted by molar-refractivity contribution is 9.10. The molecule has 0 radical (unpaired) electrons. The smallest absolute Gasteiger partial charge is 0.178 e. The minimum atomic E-state index is 0.768. The number of halogens is 1. The maximum absolute atomic E-state index is 4.56. The molecule has 3 rings (SSSR count). The number of nitrogens with zero attached hydrogens (tertiary/aromatic N) is 2. The number of hydrogen-bond donors (Lipinski definition) is 1. The fourth-order valence-corrected chi connectivity index (χ4v) is 2.33. The van der Waals surface area contributed by atoms with Crippen LogP contribution in [-0.2, 0) is 0 Å². The number of H-pyrrole nitrogens is 1. The summed E-state index contributed by atoms with van der Waals surface area (Å²) < 4.78 is 1.05. The van der Waals surface area contributed by atoms with Gasteiger partial charge in [-0.2, -0.15) is 0 Å². The van der Waals surface area contributed by atoms with Crippen LogP contribution in [0.2, 0.25) is 0 Å². The van der Waals surface area contributed by atoms with Gasteiger partial charge in [0, 0.05) is 15.7 Å². The number of pyridine rings is 1. The molecular formula is C14H12BrN3. The molecule has 2 heterocycles. The second kappa shape index (κ2) is 4.21. The van der Waals surface area contributed by atoms with Crippen molar-refractivity contribution in [1.82, 2.24) is 15.0 Å². The van der Waals surface area contributed by atoms with Crippen LogP contribution in [0.15, 0.2) is 34.8 Å². The van der Waals surface area contributed by atoms with Crippen molar-refractivity contribution in [2.75, 3.05) is 0 Å². The lowest BCUT2D eigenvalue weighted by molar-refractivity contribution is 1.22. The Hall–Kier alpha value is -1.68. The minimum absolute atomic E-state index is 0.768. The summed E-state index contributed by atoms with van der Waals surface area (Å²) in [5.41, 5.74) is 5.00. The van der Waals surface area contributed by atoms with E-state index >= 15 is 0 Å². The lowest BCUT2D eigenvalue weighted by Gasteiger charge is -2.02. The van der Waals surface area contributed by atoms with Gasteiger partial charge in [-0.25, -0.2) is 9.97 Å². The molecule has 0 atom stereocenters. The van der Waals surface area contributed by atoms with Crippen LogP contribution in [0.3, 0.4) is 0 Å². The van der Waals surface area contributed by atoms with E-state index in [0.29, 0.717) is 0 Å². The molecular weight excluding hydrogens is 290 g/mol. The molecule has 0 bridgehead atoms. The van der Waals surface area contributed by atoms with Crippen LogP contribution in [0.5, 0.6) is 0 Å². The van der Waals surface area contributed by atoms with Crippen molar-refractivity contribution in [2.24, 2.45) is 0 Å². The fraction of sp³-hybridized carbons (Fsp3) is 0.143. The van der Waals surface area contributed by atoms with E-state index in [-0.39, 0.29) is 0 Å². The van der Waals surface area contributed by atoms with E-state index in [2.05, 4.69) is 49.9 Å². The molecule has 1 N–H and O–H groups in total. The van der Waals surface area contributed by atoms with Crippen LogP contribution in [0.25, 0.3) is 22.6 Å². The van der Waals surface area contributed by atoms with Crippen LogP contribution in [0.4, 0.5) is 0 Å². The summed E-state index contributed by atoms with van der Waals surface area (Å²) in [7, 11) is 0. The number of hydrogen-bond acceptors (Lipinski definition) is 2. The highest BCUT2D eigenvalue weighted by Crippen LogP contribution is 2.26. The summed E-state index contributed by atoms with van der Waals surface area (Å²) in [6, 6.07) is 10.2. The molecule has 90 valence electrons. The van der Waals surface area contributed by atoms with E-state index in [1.165, 1.54) is 5.56 Å². The largest absolute Gasteiger partial charge is 0.337 e. The van der Waals surface area contributed by atoms with Crippen LogP contribution < -0.4 is 0 Å². The first-order valence-corrected chi connectivity index (χ1v) is 6.53. The molecule has 0 fully saturated rings. The van der Waals surface area contributed by atoms with E-state index in [1.807, 2.05) is 25.1 Å². The second-order valence-corrected chi connectivity index (χ2v) is 5.28. The van der Waals surface area contributed by atoms with Gasteiger partial charge in [0.05, 0.1) is 5.52 Å². The Labute approximate surface area is 113 Å². The number of nitrogens with one attached hydrogen (secondary N) is 1. The van der Waals surface area contributed by atoms with Gasteiger partial charge in [0.1, 0.15) is 5.82 Å². The zero-order chi connectivity index (χ0) is 12.7. The van der Waals surface area contributed by atoms with Gasteiger partial charge in [0.15, 0.2) is 5.65 Å². The van der Waals surface area contributed by atoms with Gasteiger partial charge in [-0.1, -0.05) is 22.0 Å². The summed E-state index contributed by atoms with van der Waals surface area (Å²) in [5, 5.41) is 0. The number of imidazole rings is 1. The summed E-state index contributed by atoms with van der Waals surface area (Å²) >= 11 is 3.49. The van der Waals surface area contributed by atoms with Crippen molar-refractivity contribution in [3.05, 3.63) is 46.1 Å². The normalized spacial score (nSPS) is 11.1. The molecule has 0 aliphatic heterocycles.